The zero-order valence-electron chi connectivity index (χ0n) is 17.0. The molecule has 3 rings (SSSR count). The molecule has 1 atom stereocenters. The van der Waals surface area contributed by atoms with Gasteiger partial charge in [-0.1, -0.05) is 6.92 Å². The predicted octanol–water partition coefficient (Wildman–Crippen LogP) is 3.49. The molecule has 0 radical (unpaired) electrons. The molecule has 1 aliphatic rings. The zero-order valence-corrected chi connectivity index (χ0v) is 18.6. The first-order valence-electron chi connectivity index (χ1n) is 9.11. The van der Waals surface area contributed by atoms with Gasteiger partial charge in [0.1, 0.15) is 0 Å². The molecule has 168 valence electrons. The van der Waals surface area contributed by atoms with Crippen LogP contribution in [0.5, 0.6) is 0 Å². The van der Waals surface area contributed by atoms with Crippen molar-refractivity contribution in [1.29, 1.82) is 0 Å². The SMILES string of the molecule is Cc1nn(-c2ccc(C(F)(F)F)cn2)c(C)c1CC(=O)N1CCC(C)(CN)C1.Cl.Cl. The summed E-state index contributed by atoms with van der Waals surface area (Å²) in [5.74, 6) is 0.285. The summed E-state index contributed by atoms with van der Waals surface area (Å²) in [5, 5.41) is 4.38. The fourth-order valence-corrected chi connectivity index (χ4v) is 3.50. The van der Waals surface area contributed by atoms with Crippen molar-refractivity contribution >= 4 is 30.7 Å². The Morgan fingerprint density at radius 1 is 1.27 bits per heavy atom. The Hall–Kier alpha value is -1.84. The van der Waals surface area contributed by atoms with Gasteiger partial charge in [0.15, 0.2) is 5.82 Å². The fraction of sp³-hybridized carbons (Fsp3) is 0.526. The molecule has 1 aliphatic heterocycles. The van der Waals surface area contributed by atoms with Gasteiger partial charge in [0, 0.05) is 30.5 Å². The van der Waals surface area contributed by atoms with Gasteiger partial charge in [-0.25, -0.2) is 9.67 Å². The Morgan fingerprint density at radius 3 is 2.43 bits per heavy atom. The van der Waals surface area contributed by atoms with E-state index in [1.165, 1.54) is 10.7 Å². The van der Waals surface area contributed by atoms with E-state index in [0.29, 0.717) is 31.0 Å². The second kappa shape index (κ2) is 9.53. The third-order valence-corrected chi connectivity index (χ3v) is 5.46. The number of hydrogen-bond acceptors (Lipinski definition) is 4. The molecule has 2 N–H and O–H groups in total. The fourth-order valence-electron chi connectivity index (χ4n) is 3.50. The molecule has 0 aromatic carbocycles. The third kappa shape index (κ3) is 5.25. The number of rotatable bonds is 4. The van der Waals surface area contributed by atoms with Crippen molar-refractivity contribution in [3.8, 4) is 5.82 Å². The van der Waals surface area contributed by atoms with Crippen LogP contribution < -0.4 is 5.73 Å². The molecular weight excluding hydrogens is 442 g/mol. The molecule has 1 fully saturated rings. The van der Waals surface area contributed by atoms with Crippen molar-refractivity contribution in [1.82, 2.24) is 19.7 Å². The van der Waals surface area contributed by atoms with Crippen LogP contribution >= 0.6 is 24.8 Å². The number of halogens is 5. The van der Waals surface area contributed by atoms with Crippen molar-refractivity contribution in [3.05, 3.63) is 40.8 Å². The zero-order chi connectivity index (χ0) is 20.7. The van der Waals surface area contributed by atoms with E-state index in [2.05, 4.69) is 17.0 Å². The number of amides is 1. The molecule has 6 nitrogen and oxygen atoms in total. The van der Waals surface area contributed by atoms with Crippen LogP contribution in [-0.4, -0.2) is 45.2 Å². The lowest BCUT2D eigenvalue weighted by atomic mass is 9.90. The predicted molar refractivity (Wildman–Crippen MR) is 112 cm³/mol. The van der Waals surface area contributed by atoms with Crippen LogP contribution in [0.4, 0.5) is 13.2 Å². The molecule has 11 heteroatoms. The largest absolute Gasteiger partial charge is 0.417 e. The lowest BCUT2D eigenvalue weighted by Gasteiger charge is -2.22. The van der Waals surface area contributed by atoms with Gasteiger partial charge < -0.3 is 10.6 Å². The number of aromatic nitrogens is 3. The number of pyridine rings is 1. The maximum Gasteiger partial charge on any atom is 0.417 e. The summed E-state index contributed by atoms with van der Waals surface area (Å²) in [4.78, 5) is 18.4. The summed E-state index contributed by atoms with van der Waals surface area (Å²) >= 11 is 0. The molecule has 2 aromatic rings. The lowest BCUT2D eigenvalue weighted by Crippen LogP contribution is -2.35. The van der Waals surface area contributed by atoms with Crippen LogP contribution in [-0.2, 0) is 17.4 Å². The van der Waals surface area contributed by atoms with Gasteiger partial charge >= 0.3 is 6.18 Å². The van der Waals surface area contributed by atoms with E-state index in [1.54, 1.807) is 13.8 Å². The van der Waals surface area contributed by atoms with Crippen LogP contribution in [0.1, 0.15) is 35.9 Å². The second-order valence-corrected chi connectivity index (χ2v) is 7.72. The summed E-state index contributed by atoms with van der Waals surface area (Å²) in [6.07, 6.45) is -2.58. The maximum atomic E-state index is 12.7. The molecule has 30 heavy (non-hydrogen) atoms. The number of likely N-dealkylation sites (tertiary alicyclic amines) is 1. The standard InChI is InChI=1S/C19H24F3N5O.2ClH/c1-12-15(8-17(28)26-7-6-18(3,10-23)11-26)13(2)27(25-12)16-5-4-14(9-24-16)19(20,21)22;;/h4-5,9H,6-8,10-11,23H2,1-3H3;2*1H. The average molecular weight is 468 g/mol. The van der Waals surface area contributed by atoms with Crippen LogP contribution in [0.2, 0.25) is 0 Å². The summed E-state index contributed by atoms with van der Waals surface area (Å²) < 4.78 is 39.7. The summed E-state index contributed by atoms with van der Waals surface area (Å²) in [5.41, 5.74) is 7.07. The van der Waals surface area contributed by atoms with Crippen molar-refractivity contribution in [2.24, 2.45) is 11.1 Å². The highest BCUT2D eigenvalue weighted by atomic mass is 35.5. The minimum Gasteiger partial charge on any atom is -0.342 e. The Morgan fingerprint density at radius 2 is 1.93 bits per heavy atom. The van der Waals surface area contributed by atoms with Gasteiger partial charge in [-0.15, -0.1) is 24.8 Å². The van der Waals surface area contributed by atoms with Gasteiger partial charge in [-0.3, -0.25) is 4.79 Å². The average Bonchev–Trinajstić information content (AvgIpc) is 3.17. The van der Waals surface area contributed by atoms with Crippen molar-refractivity contribution < 1.29 is 18.0 Å². The summed E-state index contributed by atoms with van der Waals surface area (Å²) in [7, 11) is 0. The van der Waals surface area contributed by atoms with Crippen LogP contribution in [0.15, 0.2) is 18.3 Å². The van der Waals surface area contributed by atoms with E-state index in [-0.39, 0.29) is 48.4 Å². The first-order valence-corrected chi connectivity index (χ1v) is 9.11. The Bertz CT molecular complexity index is 886. The normalized spacial score (nSPS) is 18.7. The molecule has 1 amide bonds. The van der Waals surface area contributed by atoms with E-state index in [1.807, 2.05) is 4.90 Å². The Kier molecular flexibility index (Phi) is 8.32. The molecule has 3 heterocycles. The summed E-state index contributed by atoms with van der Waals surface area (Å²) in [6.45, 7) is 7.49. The Balaban J connectivity index is 0.00000225. The highest BCUT2D eigenvalue weighted by Gasteiger charge is 2.35. The third-order valence-electron chi connectivity index (χ3n) is 5.46. The number of nitrogens with two attached hydrogens (primary N) is 1. The van der Waals surface area contributed by atoms with Crippen molar-refractivity contribution in [2.75, 3.05) is 19.6 Å². The highest BCUT2D eigenvalue weighted by Crippen LogP contribution is 2.30. The van der Waals surface area contributed by atoms with Gasteiger partial charge in [0.2, 0.25) is 5.91 Å². The van der Waals surface area contributed by atoms with Crippen LogP contribution in [0.3, 0.4) is 0 Å². The van der Waals surface area contributed by atoms with E-state index in [9.17, 15) is 18.0 Å². The monoisotopic (exact) mass is 467 g/mol. The Labute approximate surface area is 185 Å². The van der Waals surface area contributed by atoms with Crippen molar-refractivity contribution in [2.45, 2.75) is 39.8 Å². The van der Waals surface area contributed by atoms with Crippen LogP contribution in [0.25, 0.3) is 5.82 Å². The first-order chi connectivity index (χ1) is 13.0. The molecule has 0 bridgehead atoms. The second-order valence-electron chi connectivity index (χ2n) is 7.72. The highest BCUT2D eigenvalue weighted by molar-refractivity contribution is 5.85. The molecule has 1 unspecified atom stereocenters. The minimum absolute atomic E-state index is 0. The van der Waals surface area contributed by atoms with E-state index >= 15 is 0 Å². The van der Waals surface area contributed by atoms with E-state index in [4.69, 9.17) is 5.73 Å². The molecule has 0 aliphatic carbocycles. The van der Waals surface area contributed by atoms with Gasteiger partial charge in [-0.2, -0.15) is 18.3 Å². The summed E-state index contributed by atoms with van der Waals surface area (Å²) in [6, 6.07) is 2.25. The number of alkyl halides is 3. The van der Waals surface area contributed by atoms with Gasteiger partial charge in [0.05, 0.1) is 17.7 Å². The smallest absolute Gasteiger partial charge is 0.342 e. The molecule has 2 aromatic heterocycles. The minimum atomic E-state index is -4.44. The topological polar surface area (TPSA) is 77.0 Å². The van der Waals surface area contributed by atoms with E-state index < -0.39 is 11.7 Å². The molecule has 0 saturated carbocycles. The number of carbonyl (C=O) groups excluding carboxylic acids is 1. The molecular formula is C19H26Cl2F3N5O. The molecule has 1 saturated heterocycles. The van der Waals surface area contributed by atoms with Crippen LogP contribution in [0, 0.1) is 19.3 Å². The van der Waals surface area contributed by atoms with Gasteiger partial charge in [-0.05, 0) is 44.4 Å². The number of aryl methyl sites for hydroxylation is 1. The first kappa shape index (κ1) is 26.2. The quantitative estimate of drug-likeness (QED) is 0.746. The van der Waals surface area contributed by atoms with Gasteiger partial charge in [0.25, 0.3) is 0 Å². The molecule has 0 spiro atoms. The van der Waals surface area contributed by atoms with E-state index in [0.717, 1.165) is 24.2 Å². The lowest BCUT2D eigenvalue weighted by molar-refractivity contribution is -0.137. The maximum absolute atomic E-state index is 12.7. The van der Waals surface area contributed by atoms with Crippen molar-refractivity contribution in [3.63, 3.8) is 0 Å². The number of hydrogen-bond donors (Lipinski definition) is 1. The number of nitrogens with zero attached hydrogens (tertiary/aromatic N) is 4. The number of carbonyl (C=O) groups is 1.